The maximum atomic E-state index is 13.4. The van der Waals surface area contributed by atoms with Crippen LogP contribution < -0.4 is 5.32 Å². The molecule has 0 radical (unpaired) electrons. The molecule has 0 saturated heterocycles. The van der Waals surface area contributed by atoms with Gasteiger partial charge in [-0.25, -0.2) is 4.39 Å². The third kappa shape index (κ3) is 3.01. The standard InChI is InChI=1S/C12H9ClFN3O/c13-8-3-4-11(14)10(6-8)12(18)15-7-9-2-1-5-16-17-9/h1-6H,7H2,(H,15,18). The first-order chi connectivity index (χ1) is 8.66. The highest BCUT2D eigenvalue weighted by atomic mass is 35.5. The Morgan fingerprint density at radius 1 is 1.39 bits per heavy atom. The minimum Gasteiger partial charge on any atom is -0.346 e. The lowest BCUT2D eigenvalue weighted by atomic mass is 10.2. The molecular formula is C12H9ClFN3O. The first-order valence-electron chi connectivity index (χ1n) is 5.16. The van der Waals surface area contributed by atoms with Gasteiger partial charge < -0.3 is 5.32 Å². The molecule has 2 rings (SSSR count). The van der Waals surface area contributed by atoms with Crippen molar-refractivity contribution in [1.29, 1.82) is 0 Å². The van der Waals surface area contributed by atoms with Crippen LogP contribution in [0.3, 0.4) is 0 Å². The zero-order valence-electron chi connectivity index (χ0n) is 9.23. The van der Waals surface area contributed by atoms with Crippen LogP contribution in [0.4, 0.5) is 4.39 Å². The quantitative estimate of drug-likeness (QED) is 0.926. The van der Waals surface area contributed by atoms with Crippen molar-refractivity contribution < 1.29 is 9.18 Å². The summed E-state index contributed by atoms with van der Waals surface area (Å²) in [6.07, 6.45) is 1.53. The molecule has 0 unspecified atom stereocenters. The van der Waals surface area contributed by atoms with E-state index in [4.69, 9.17) is 11.6 Å². The lowest BCUT2D eigenvalue weighted by molar-refractivity contribution is 0.0946. The second-order valence-corrected chi connectivity index (χ2v) is 3.96. The second kappa shape index (κ2) is 5.55. The fourth-order valence-electron chi connectivity index (χ4n) is 1.37. The highest BCUT2D eigenvalue weighted by molar-refractivity contribution is 6.30. The molecule has 4 nitrogen and oxygen atoms in total. The molecule has 0 aliphatic carbocycles. The zero-order chi connectivity index (χ0) is 13.0. The van der Waals surface area contributed by atoms with Crippen molar-refractivity contribution >= 4 is 17.5 Å². The fourth-order valence-corrected chi connectivity index (χ4v) is 1.54. The average molecular weight is 266 g/mol. The number of nitrogens with one attached hydrogen (secondary N) is 1. The Balaban J connectivity index is 2.06. The van der Waals surface area contributed by atoms with E-state index >= 15 is 0 Å². The van der Waals surface area contributed by atoms with Crippen molar-refractivity contribution in [3.63, 3.8) is 0 Å². The molecule has 0 saturated carbocycles. The van der Waals surface area contributed by atoms with E-state index in [9.17, 15) is 9.18 Å². The van der Waals surface area contributed by atoms with E-state index in [1.54, 1.807) is 12.1 Å². The summed E-state index contributed by atoms with van der Waals surface area (Å²) < 4.78 is 13.4. The molecule has 0 aliphatic heterocycles. The Hall–Kier alpha value is -2.01. The van der Waals surface area contributed by atoms with E-state index in [-0.39, 0.29) is 12.1 Å². The molecule has 0 bridgehead atoms. The molecule has 0 spiro atoms. The smallest absolute Gasteiger partial charge is 0.254 e. The van der Waals surface area contributed by atoms with Gasteiger partial charge in [-0.15, -0.1) is 0 Å². The number of benzene rings is 1. The summed E-state index contributed by atoms with van der Waals surface area (Å²) in [5.74, 6) is -1.16. The highest BCUT2D eigenvalue weighted by Crippen LogP contribution is 2.14. The third-order valence-corrected chi connectivity index (χ3v) is 2.47. The van der Waals surface area contributed by atoms with Crippen LogP contribution in [0.2, 0.25) is 5.02 Å². The summed E-state index contributed by atoms with van der Waals surface area (Å²) in [6, 6.07) is 7.23. The Kier molecular flexibility index (Phi) is 3.84. The number of carbonyl (C=O) groups is 1. The Bertz CT molecular complexity index is 563. The fraction of sp³-hybridized carbons (Fsp3) is 0.0833. The van der Waals surface area contributed by atoms with Gasteiger partial charge in [0.2, 0.25) is 0 Å². The third-order valence-electron chi connectivity index (χ3n) is 2.23. The molecule has 1 aromatic heterocycles. The molecule has 1 N–H and O–H groups in total. The summed E-state index contributed by atoms with van der Waals surface area (Å²) in [5.41, 5.74) is 0.500. The summed E-state index contributed by atoms with van der Waals surface area (Å²) in [5, 5.41) is 10.3. The van der Waals surface area contributed by atoms with Gasteiger partial charge >= 0.3 is 0 Å². The van der Waals surface area contributed by atoms with Crippen LogP contribution in [0, 0.1) is 5.82 Å². The molecule has 1 aromatic carbocycles. The summed E-state index contributed by atoms with van der Waals surface area (Å²) in [7, 11) is 0. The van der Waals surface area contributed by atoms with E-state index in [0.29, 0.717) is 10.7 Å². The van der Waals surface area contributed by atoms with Crippen molar-refractivity contribution in [3.05, 3.63) is 58.6 Å². The predicted molar refractivity (Wildman–Crippen MR) is 64.6 cm³/mol. The second-order valence-electron chi connectivity index (χ2n) is 3.52. The zero-order valence-corrected chi connectivity index (χ0v) is 9.99. The number of nitrogens with zero attached hydrogens (tertiary/aromatic N) is 2. The van der Waals surface area contributed by atoms with Crippen molar-refractivity contribution in [2.75, 3.05) is 0 Å². The summed E-state index contributed by atoms with van der Waals surface area (Å²) >= 11 is 5.71. The molecule has 6 heteroatoms. The van der Waals surface area contributed by atoms with Gasteiger partial charge in [0.25, 0.3) is 5.91 Å². The molecule has 0 atom stereocenters. The van der Waals surface area contributed by atoms with E-state index in [1.165, 1.54) is 18.3 Å². The first-order valence-corrected chi connectivity index (χ1v) is 5.54. The number of aromatic nitrogens is 2. The lowest BCUT2D eigenvalue weighted by Crippen LogP contribution is -2.24. The van der Waals surface area contributed by atoms with Crippen LogP contribution in [-0.4, -0.2) is 16.1 Å². The number of rotatable bonds is 3. The molecule has 0 fully saturated rings. The predicted octanol–water partition coefficient (Wildman–Crippen LogP) is 2.20. The summed E-state index contributed by atoms with van der Waals surface area (Å²) in [6.45, 7) is 0.179. The van der Waals surface area contributed by atoms with E-state index in [0.717, 1.165) is 6.07 Å². The SMILES string of the molecule is O=C(NCc1cccnn1)c1cc(Cl)ccc1F. The van der Waals surface area contributed by atoms with Gasteiger partial charge in [-0.05, 0) is 30.3 Å². The molecule has 1 heterocycles. The Labute approximate surface area is 108 Å². The number of amides is 1. The number of hydrogen-bond donors (Lipinski definition) is 1. The largest absolute Gasteiger partial charge is 0.346 e. The van der Waals surface area contributed by atoms with Gasteiger partial charge in [0.15, 0.2) is 0 Å². The number of halogens is 2. The molecule has 0 aliphatic rings. The highest BCUT2D eigenvalue weighted by Gasteiger charge is 2.11. The number of hydrogen-bond acceptors (Lipinski definition) is 3. The van der Waals surface area contributed by atoms with Gasteiger partial charge in [0.1, 0.15) is 5.82 Å². The Morgan fingerprint density at radius 2 is 2.22 bits per heavy atom. The molecular weight excluding hydrogens is 257 g/mol. The van der Waals surface area contributed by atoms with E-state index in [1.807, 2.05) is 0 Å². The topological polar surface area (TPSA) is 54.9 Å². The van der Waals surface area contributed by atoms with Crippen molar-refractivity contribution in [3.8, 4) is 0 Å². The van der Waals surface area contributed by atoms with Crippen molar-refractivity contribution in [2.45, 2.75) is 6.54 Å². The number of carbonyl (C=O) groups excluding carboxylic acids is 1. The average Bonchev–Trinajstić information content (AvgIpc) is 2.40. The van der Waals surface area contributed by atoms with Crippen molar-refractivity contribution in [2.24, 2.45) is 0 Å². The van der Waals surface area contributed by atoms with Gasteiger partial charge in [-0.2, -0.15) is 10.2 Å². The van der Waals surface area contributed by atoms with Crippen LogP contribution in [0.15, 0.2) is 36.5 Å². The maximum Gasteiger partial charge on any atom is 0.254 e. The molecule has 2 aromatic rings. The minimum absolute atomic E-state index is 0.0913. The Morgan fingerprint density at radius 3 is 2.94 bits per heavy atom. The van der Waals surface area contributed by atoms with Crippen molar-refractivity contribution in [1.82, 2.24) is 15.5 Å². The van der Waals surface area contributed by atoms with Crippen LogP contribution >= 0.6 is 11.6 Å². The van der Waals surface area contributed by atoms with Crippen LogP contribution in [0.1, 0.15) is 16.1 Å². The monoisotopic (exact) mass is 265 g/mol. The van der Waals surface area contributed by atoms with Crippen LogP contribution in [0.5, 0.6) is 0 Å². The van der Waals surface area contributed by atoms with Gasteiger partial charge in [0.05, 0.1) is 17.8 Å². The normalized spacial score (nSPS) is 10.1. The molecule has 92 valence electrons. The molecule has 18 heavy (non-hydrogen) atoms. The van der Waals surface area contributed by atoms with Gasteiger partial charge in [0, 0.05) is 11.2 Å². The van der Waals surface area contributed by atoms with Crippen LogP contribution in [0.25, 0.3) is 0 Å². The summed E-state index contributed by atoms with van der Waals surface area (Å²) in [4.78, 5) is 11.7. The minimum atomic E-state index is -0.615. The first kappa shape index (κ1) is 12.4. The van der Waals surface area contributed by atoms with E-state index in [2.05, 4.69) is 15.5 Å². The van der Waals surface area contributed by atoms with E-state index < -0.39 is 11.7 Å². The van der Waals surface area contributed by atoms with Gasteiger partial charge in [-0.3, -0.25) is 4.79 Å². The molecule has 1 amide bonds. The van der Waals surface area contributed by atoms with Crippen LogP contribution in [-0.2, 0) is 6.54 Å². The maximum absolute atomic E-state index is 13.4. The lowest BCUT2D eigenvalue weighted by Gasteiger charge is -2.05. The van der Waals surface area contributed by atoms with Gasteiger partial charge in [-0.1, -0.05) is 11.6 Å².